The zero-order valence-electron chi connectivity index (χ0n) is 16.7. The fourth-order valence-electron chi connectivity index (χ4n) is 3.50. The van der Waals surface area contributed by atoms with Gasteiger partial charge in [-0.15, -0.1) is 6.58 Å². The van der Waals surface area contributed by atoms with Gasteiger partial charge < -0.3 is 14.2 Å². The molecule has 5 heteroatoms. The summed E-state index contributed by atoms with van der Waals surface area (Å²) >= 11 is 0. The number of carbonyl (C=O) groups is 1. The van der Waals surface area contributed by atoms with Gasteiger partial charge in [-0.3, -0.25) is 0 Å². The largest absolute Gasteiger partial charge is 0.413 e. The highest BCUT2D eigenvalue weighted by Crippen LogP contribution is 2.38. The fourth-order valence-corrected chi connectivity index (χ4v) is 4.76. The minimum atomic E-state index is -1.70. The molecule has 0 unspecified atom stereocenters. The average Bonchev–Trinajstić information content (AvgIpc) is 2.58. The van der Waals surface area contributed by atoms with Crippen molar-refractivity contribution in [2.45, 2.75) is 97.4 Å². The van der Waals surface area contributed by atoms with Crippen LogP contribution in [-0.4, -0.2) is 53.4 Å². The summed E-state index contributed by atoms with van der Waals surface area (Å²) < 4.78 is 6.36. The van der Waals surface area contributed by atoms with Crippen molar-refractivity contribution in [3.05, 3.63) is 12.7 Å². The van der Waals surface area contributed by atoms with Crippen LogP contribution in [0.4, 0.5) is 4.79 Å². The molecular formula is C18H36N2O2Si. The van der Waals surface area contributed by atoms with E-state index in [0.717, 1.165) is 0 Å². The summed E-state index contributed by atoms with van der Waals surface area (Å²) in [5, 5.41) is 0. The van der Waals surface area contributed by atoms with Crippen molar-refractivity contribution in [3.63, 3.8) is 0 Å². The van der Waals surface area contributed by atoms with Crippen LogP contribution in [0, 0.1) is 0 Å². The Balaban J connectivity index is 3.36. The molecule has 0 aromatic rings. The van der Waals surface area contributed by atoms with Crippen LogP contribution < -0.4 is 0 Å². The molecule has 1 rings (SSSR count). The lowest BCUT2D eigenvalue weighted by Gasteiger charge is -2.41. The predicted octanol–water partition coefficient (Wildman–Crippen LogP) is 4.48. The number of hydrogen-bond donors (Lipinski definition) is 0. The van der Waals surface area contributed by atoms with Gasteiger partial charge in [-0.1, -0.05) is 6.08 Å². The highest BCUT2D eigenvalue weighted by atomic mass is 28.4. The summed E-state index contributed by atoms with van der Waals surface area (Å²) in [6, 6.07) is 0.00458. The fraction of sp³-hybridized carbons (Fsp3) is 0.833. The standard InChI is InChI=1S/C18H36N2O2Si/c1-12-14-15(13(2)22-23(9,10)11)20(18(6,7)8)16(21)19(14)17(3,4)5/h12-15H,1H2,2-11H3/t13-,14-,15-/m1/s1. The van der Waals surface area contributed by atoms with Crippen molar-refractivity contribution >= 4 is 14.3 Å². The topological polar surface area (TPSA) is 32.8 Å². The maximum Gasteiger partial charge on any atom is 0.321 e. The smallest absolute Gasteiger partial charge is 0.321 e. The van der Waals surface area contributed by atoms with E-state index in [1.165, 1.54) is 0 Å². The Morgan fingerprint density at radius 1 is 1.09 bits per heavy atom. The molecule has 2 amide bonds. The maximum absolute atomic E-state index is 13.2. The lowest BCUT2D eigenvalue weighted by Crippen LogP contribution is -2.54. The van der Waals surface area contributed by atoms with E-state index in [1.807, 2.05) is 15.9 Å². The van der Waals surface area contributed by atoms with Crippen LogP contribution in [0.25, 0.3) is 0 Å². The number of amides is 2. The molecule has 1 fully saturated rings. The second-order valence-electron chi connectivity index (χ2n) is 9.52. The number of carbonyl (C=O) groups excluding carboxylic acids is 1. The van der Waals surface area contributed by atoms with Gasteiger partial charge in [0, 0.05) is 11.1 Å². The van der Waals surface area contributed by atoms with Gasteiger partial charge in [0.2, 0.25) is 0 Å². The number of hydrogen-bond acceptors (Lipinski definition) is 2. The van der Waals surface area contributed by atoms with Gasteiger partial charge in [-0.05, 0) is 68.1 Å². The number of nitrogens with zero attached hydrogens (tertiary/aromatic N) is 2. The van der Waals surface area contributed by atoms with E-state index in [-0.39, 0.29) is 35.3 Å². The van der Waals surface area contributed by atoms with Crippen LogP contribution in [0.15, 0.2) is 12.7 Å². The van der Waals surface area contributed by atoms with E-state index in [2.05, 4.69) is 74.7 Å². The van der Waals surface area contributed by atoms with Crippen LogP contribution in [0.1, 0.15) is 48.5 Å². The first-order valence-electron chi connectivity index (χ1n) is 8.54. The summed E-state index contributed by atoms with van der Waals surface area (Å²) in [5.74, 6) is 0. The van der Waals surface area contributed by atoms with Crippen molar-refractivity contribution in [1.29, 1.82) is 0 Å². The molecule has 1 saturated heterocycles. The van der Waals surface area contributed by atoms with Crippen LogP contribution >= 0.6 is 0 Å². The lowest BCUT2D eigenvalue weighted by molar-refractivity contribution is 0.0608. The zero-order valence-corrected chi connectivity index (χ0v) is 17.7. The highest BCUT2D eigenvalue weighted by Gasteiger charge is 2.54. The van der Waals surface area contributed by atoms with Crippen molar-refractivity contribution in [2.75, 3.05) is 0 Å². The van der Waals surface area contributed by atoms with Crippen molar-refractivity contribution in [1.82, 2.24) is 9.80 Å². The molecule has 4 nitrogen and oxygen atoms in total. The zero-order chi connectivity index (χ0) is 18.4. The van der Waals surface area contributed by atoms with Gasteiger partial charge >= 0.3 is 6.03 Å². The number of urea groups is 1. The first-order valence-corrected chi connectivity index (χ1v) is 11.9. The van der Waals surface area contributed by atoms with Crippen molar-refractivity contribution in [3.8, 4) is 0 Å². The van der Waals surface area contributed by atoms with E-state index in [0.29, 0.717) is 0 Å². The third-order valence-electron chi connectivity index (χ3n) is 4.07. The predicted molar refractivity (Wildman–Crippen MR) is 100 cm³/mol. The van der Waals surface area contributed by atoms with Gasteiger partial charge in [0.1, 0.15) is 0 Å². The summed E-state index contributed by atoms with van der Waals surface area (Å²) in [5.41, 5.74) is -0.521. The summed E-state index contributed by atoms with van der Waals surface area (Å²) in [7, 11) is -1.70. The van der Waals surface area contributed by atoms with Crippen LogP contribution in [0.2, 0.25) is 19.6 Å². The molecule has 134 valence electrons. The van der Waals surface area contributed by atoms with E-state index in [4.69, 9.17) is 4.43 Å². The molecule has 0 aliphatic carbocycles. The molecule has 0 bridgehead atoms. The molecule has 0 radical (unpaired) electrons. The summed E-state index contributed by atoms with van der Waals surface area (Å²) in [6.07, 6.45) is 1.88. The van der Waals surface area contributed by atoms with Crippen molar-refractivity contribution < 1.29 is 9.22 Å². The first kappa shape index (κ1) is 20.2. The quantitative estimate of drug-likeness (QED) is 0.558. The molecule has 0 N–H and O–H groups in total. The van der Waals surface area contributed by atoms with Crippen LogP contribution in [-0.2, 0) is 4.43 Å². The molecule has 0 spiro atoms. The van der Waals surface area contributed by atoms with E-state index in [9.17, 15) is 4.79 Å². The third kappa shape index (κ3) is 4.38. The van der Waals surface area contributed by atoms with Crippen LogP contribution in [0.3, 0.4) is 0 Å². The monoisotopic (exact) mass is 340 g/mol. The molecule has 1 aliphatic heterocycles. The lowest BCUT2D eigenvalue weighted by atomic mass is 9.96. The maximum atomic E-state index is 13.2. The van der Waals surface area contributed by atoms with Gasteiger partial charge in [-0.2, -0.15) is 0 Å². The third-order valence-corrected chi connectivity index (χ3v) is 5.14. The Morgan fingerprint density at radius 2 is 1.52 bits per heavy atom. The molecule has 0 saturated carbocycles. The summed E-state index contributed by atoms with van der Waals surface area (Å²) in [6.45, 7) is 25.2. The minimum Gasteiger partial charge on any atom is -0.413 e. The molecule has 1 heterocycles. The Bertz CT molecular complexity index is 457. The Morgan fingerprint density at radius 3 is 1.83 bits per heavy atom. The molecule has 3 atom stereocenters. The van der Waals surface area contributed by atoms with Gasteiger partial charge in [-0.25, -0.2) is 4.79 Å². The average molecular weight is 341 g/mol. The molecule has 0 aromatic carbocycles. The Labute approximate surface area is 144 Å². The van der Waals surface area contributed by atoms with E-state index >= 15 is 0 Å². The van der Waals surface area contributed by atoms with Gasteiger partial charge in [0.25, 0.3) is 0 Å². The first-order chi connectivity index (χ1) is 10.1. The normalized spacial score (nSPS) is 25.0. The van der Waals surface area contributed by atoms with Gasteiger partial charge in [0.05, 0.1) is 18.2 Å². The van der Waals surface area contributed by atoms with E-state index in [1.54, 1.807) is 0 Å². The second-order valence-corrected chi connectivity index (χ2v) is 14.0. The van der Waals surface area contributed by atoms with Crippen molar-refractivity contribution in [2.24, 2.45) is 0 Å². The molecular weight excluding hydrogens is 304 g/mol. The van der Waals surface area contributed by atoms with Gasteiger partial charge in [0.15, 0.2) is 8.32 Å². The summed E-state index contributed by atoms with van der Waals surface area (Å²) in [4.78, 5) is 17.2. The molecule has 0 aromatic heterocycles. The minimum absolute atomic E-state index is 0.0223. The SMILES string of the molecule is C=C[C@@H]1[C@@H]([C@@H](C)O[Si](C)(C)C)N(C(C)(C)C)C(=O)N1C(C)(C)C. The Kier molecular flexibility index (Phi) is 5.49. The highest BCUT2D eigenvalue weighted by molar-refractivity contribution is 6.69. The number of rotatable bonds is 4. The van der Waals surface area contributed by atoms with Crippen LogP contribution in [0.5, 0.6) is 0 Å². The molecule has 1 aliphatic rings. The molecule has 23 heavy (non-hydrogen) atoms. The second kappa shape index (κ2) is 6.24. The van der Waals surface area contributed by atoms with E-state index < -0.39 is 8.32 Å². The Hall–Kier alpha value is -0.813.